The maximum absolute atomic E-state index is 10.8. The molecule has 0 aromatic heterocycles. The van der Waals surface area contributed by atoms with E-state index in [2.05, 4.69) is 5.32 Å². The molecular formula is C10H14N2O2. The normalized spacial score (nSPS) is 9.57. The van der Waals surface area contributed by atoms with Crippen LogP contribution in [0.4, 0.5) is 5.69 Å². The van der Waals surface area contributed by atoms with Crippen LogP contribution in [0.3, 0.4) is 0 Å². The highest BCUT2D eigenvalue weighted by atomic mass is 16.5. The first kappa shape index (κ1) is 10.5. The van der Waals surface area contributed by atoms with Crippen LogP contribution in [0.5, 0.6) is 0 Å². The van der Waals surface area contributed by atoms with Crippen molar-refractivity contribution in [2.24, 2.45) is 5.73 Å². The number of hydrogen-bond acceptors (Lipinski definition) is 4. The van der Waals surface area contributed by atoms with Gasteiger partial charge in [0, 0.05) is 12.7 Å². The minimum absolute atomic E-state index is 0.0777. The zero-order valence-corrected chi connectivity index (χ0v) is 8.12. The van der Waals surface area contributed by atoms with Crippen LogP contribution >= 0.6 is 0 Å². The Kier molecular flexibility index (Phi) is 3.94. The molecule has 1 aromatic rings. The van der Waals surface area contributed by atoms with E-state index in [9.17, 15) is 4.79 Å². The van der Waals surface area contributed by atoms with E-state index in [1.165, 1.54) is 0 Å². The van der Waals surface area contributed by atoms with Crippen LogP contribution in [0.25, 0.3) is 0 Å². The Balaban J connectivity index is 2.54. The summed E-state index contributed by atoms with van der Waals surface area (Å²) in [5.41, 5.74) is 7.04. The summed E-state index contributed by atoms with van der Waals surface area (Å²) < 4.78 is 4.89. The van der Waals surface area contributed by atoms with Crippen LogP contribution in [-0.2, 0) is 16.1 Å². The Labute approximate surface area is 83.1 Å². The average molecular weight is 194 g/mol. The van der Waals surface area contributed by atoms with Crippen molar-refractivity contribution in [2.75, 3.05) is 18.9 Å². The van der Waals surface area contributed by atoms with Crippen LogP contribution in [0.15, 0.2) is 24.3 Å². The predicted molar refractivity (Wildman–Crippen MR) is 54.8 cm³/mol. The van der Waals surface area contributed by atoms with Crippen molar-refractivity contribution in [3.63, 3.8) is 0 Å². The van der Waals surface area contributed by atoms with Gasteiger partial charge in [0.25, 0.3) is 0 Å². The van der Waals surface area contributed by atoms with E-state index in [1.807, 2.05) is 31.3 Å². The Hall–Kier alpha value is -1.55. The lowest BCUT2D eigenvalue weighted by Crippen LogP contribution is -2.16. The molecule has 0 fully saturated rings. The third kappa shape index (κ3) is 3.06. The highest BCUT2D eigenvalue weighted by Crippen LogP contribution is 2.10. The van der Waals surface area contributed by atoms with Gasteiger partial charge in [-0.15, -0.1) is 0 Å². The topological polar surface area (TPSA) is 64.3 Å². The first-order valence-electron chi connectivity index (χ1n) is 4.38. The van der Waals surface area contributed by atoms with Crippen LogP contribution in [-0.4, -0.2) is 19.6 Å². The van der Waals surface area contributed by atoms with Gasteiger partial charge in [0.1, 0.15) is 6.61 Å². The summed E-state index contributed by atoms with van der Waals surface area (Å²) in [5, 5.41) is 3.00. The molecule has 0 aliphatic rings. The van der Waals surface area contributed by atoms with E-state index in [4.69, 9.17) is 10.5 Å². The Morgan fingerprint density at radius 3 is 3.00 bits per heavy atom. The smallest absolute Gasteiger partial charge is 0.320 e. The SMILES string of the molecule is CNc1cccc(COC(=O)CN)c1. The molecule has 1 rings (SSSR count). The van der Waals surface area contributed by atoms with Crippen molar-refractivity contribution in [3.8, 4) is 0 Å². The number of hydrogen-bond donors (Lipinski definition) is 2. The largest absolute Gasteiger partial charge is 0.460 e. The maximum atomic E-state index is 10.8. The number of esters is 1. The van der Waals surface area contributed by atoms with Gasteiger partial charge in [-0.2, -0.15) is 0 Å². The van der Waals surface area contributed by atoms with Gasteiger partial charge in [-0.05, 0) is 17.7 Å². The first-order valence-corrected chi connectivity index (χ1v) is 4.38. The molecule has 0 amide bonds. The summed E-state index contributed by atoms with van der Waals surface area (Å²) in [6, 6.07) is 7.65. The van der Waals surface area contributed by atoms with Crippen LogP contribution in [0.2, 0.25) is 0 Å². The summed E-state index contributed by atoms with van der Waals surface area (Å²) in [4.78, 5) is 10.8. The Bertz CT molecular complexity index is 313. The zero-order valence-electron chi connectivity index (χ0n) is 8.12. The lowest BCUT2D eigenvalue weighted by atomic mass is 10.2. The minimum atomic E-state index is -0.389. The lowest BCUT2D eigenvalue weighted by Gasteiger charge is -2.05. The van der Waals surface area contributed by atoms with E-state index in [1.54, 1.807) is 0 Å². The van der Waals surface area contributed by atoms with Gasteiger partial charge in [0.05, 0.1) is 6.54 Å². The van der Waals surface area contributed by atoms with Crippen LogP contribution in [0.1, 0.15) is 5.56 Å². The highest BCUT2D eigenvalue weighted by Gasteiger charge is 1.99. The molecule has 0 aliphatic carbocycles. The van der Waals surface area contributed by atoms with Gasteiger partial charge in [0.15, 0.2) is 0 Å². The molecule has 1 aromatic carbocycles. The molecule has 4 heteroatoms. The molecule has 0 radical (unpaired) electrons. The van der Waals surface area contributed by atoms with Crippen molar-refractivity contribution in [3.05, 3.63) is 29.8 Å². The number of rotatable bonds is 4. The van der Waals surface area contributed by atoms with Gasteiger partial charge < -0.3 is 15.8 Å². The summed E-state index contributed by atoms with van der Waals surface area (Å²) in [6.45, 7) is 0.192. The summed E-state index contributed by atoms with van der Waals surface area (Å²) in [7, 11) is 1.84. The Morgan fingerprint density at radius 2 is 2.36 bits per heavy atom. The zero-order chi connectivity index (χ0) is 10.4. The average Bonchev–Trinajstić information content (AvgIpc) is 2.26. The van der Waals surface area contributed by atoms with Crippen molar-refractivity contribution in [1.29, 1.82) is 0 Å². The van der Waals surface area contributed by atoms with Crippen molar-refractivity contribution < 1.29 is 9.53 Å². The standard InChI is InChI=1S/C10H14N2O2/c1-12-9-4-2-3-8(5-9)7-14-10(13)6-11/h2-5,12H,6-7,11H2,1H3. The van der Waals surface area contributed by atoms with E-state index in [0.29, 0.717) is 0 Å². The number of nitrogens with two attached hydrogens (primary N) is 1. The van der Waals surface area contributed by atoms with Crippen molar-refractivity contribution in [1.82, 2.24) is 0 Å². The number of carbonyl (C=O) groups is 1. The van der Waals surface area contributed by atoms with Gasteiger partial charge in [-0.1, -0.05) is 12.1 Å². The molecule has 14 heavy (non-hydrogen) atoms. The fourth-order valence-corrected chi connectivity index (χ4v) is 1.04. The third-order valence-electron chi connectivity index (χ3n) is 1.78. The number of carbonyl (C=O) groups excluding carboxylic acids is 1. The van der Waals surface area contributed by atoms with Gasteiger partial charge in [-0.3, -0.25) is 4.79 Å². The fourth-order valence-electron chi connectivity index (χ4n) is 1.04. The number of ether oxygens (including phenoxy) is 1. The second-order valence-electron chi connectivity index (χ2n) is 2.82. The highest BCUT2D eigenvalue weighted by molar-refractivity contribution is 5.71. The van der Waals surface area contributed by atoms with Gasteiger partial charge in [-0.25, -0.2) is 0 Å². The number of benzene rings is 1. The molecule has 76 valence electrons. The van der Waals surface area contributed by atoms with Gasteiger partial charge in [0.2, 0.25) is 0 Å². The molecule has 0 spiro atoms. The van der Waals surface area contributed by atoms with E-state index in [0.717, 1.165) is 11.3 Å². The third-order valence-corrected chi connectivity index (χ3v) is 1.78. The number of nitrogens with one attached hydrogen (secondary N) is 1. The lowest BCUT2D eigenvalue weighted by molar-refractivity contribution is -0.143. The van der Waals surface area contributed by atoms with Gasteiger partial charge >= 0.3 is 5.97 Å². The summed E-state index contributed by atoms with van der Waals surface area (Å²) in [5.74, 6) is -0.389. The quantitative estimate of drug-likeness (QED) is 0.693. The van der Waals surface area contributed by atoms with Crippen LogP contribution in [0, 0.1) is 0 Å². The molecular weight excluding hydrogens is 180 g/mol. The van der Waals surface area contributed by atoms with E-state index in [-0.39, 0.29) is 19.1 Å². The Morgan fingerprint density at radius 1 is 1.57 bits per heavy atom. The minimum Gasteiger partial charge on any atom is -0.460 e. The second-order valence-corrected chi connectivity index (χ2v) is 2.82. The van der Waals surface area contributed by atoms with E-state index < -0.39 is 0 Å². The monoisotopic (exact) mass is 194 g/mol. The van der Waals surface area contributed by atoms with Crippen LogP contribution < -0.4 is 11.1 Å². The fraction of sp³-hybridized carbons (Fsp3) is 0.300. The van der Waals surface area contributed by atoms with Crippen molar-refractivity contribution >= 4 is 11.7 Å². The summed E-state index contributed by atoms with van der Waals surface area (Å²) >= 11 is 0. The van der Waals surface area contributed by atoms with E-state index >= 15 is 0 Å². The molecule has 0 aliphatic heterocycles. The first-order chi connectivity index (χ1) is 6.76. The molecule has 0 heterocycles. The van der Waals surface area contributed by atoms with Crippen molar-refractivity contribution in [2.45, 2.75) is 6.61 Å². The maximum Gasteiger partial charge on any atom is 0.320 e. The molecule has 3 N–H and O–H groups in total. The molecule has 0 bridgehead atoms. The molecule has 0 unspecified atom stereocenters. The molecule has 0 saturated heterocycles. The summed E-state index contributed by atoms with van der Waals surface area (Å²) in [6.07, 6.45) is 0. The molecule has 4 nitrogen and oxygen atoms in total. The molecule has 0 saturated carbocycles. The predicted octanol–water partition coefficient (Wildman–Crippen LogP) is 0.730. The number of anilines is 1. The molecule has 0 atom stereocenters. The second kappa shape index (κ2) is 5.24.